The normalized spacial score (nSPS) is 13.8. The fourth-order valence-electron chi connectivity index (χ4n) is 3.42. The number of benzene rings is 2. The molecular weight excluding hydrogens is 386 g/mol. The molecule has 30 heavy (non-hydrogen) atoms. The summed E-state index contributed by atoms with van der Waals surface area (Å²) >= 11 is 0. The van der Waals surface area contributed by atoms with Crippen LogP contribution < -0.4 is 10.3 Å². The van der Waals surface area contributed by atoms with Gasteiger partial charge in [-0.1, -0.05) is 24.3 Å². The van der Waals surface area contributed by atoms with Gasteiger partial charge in [0.25, 0.3) is 5.56 Å². The van der Waals surface area contributed by atoms with Gasteiger partial charge in [0.2, 0.25) is 0 Å². The molecular formula is C24H24F2N2O2. The molecule has 0 radical (unpaired) electrons. The summed E-state index contributed by atoms with van der Waals surface area (Å²) in [5.74, 6) is -0.0229. The van der Waals surface area contributed by atoms with Crippen molar-refractivity contribution in [2.45, 2.75) is 32.5 Å². The predicted molar refractivity (Wildman–Crippen MR) is 111 cm³/mol. The first-order chi connectivity index (χ1) is 14.6. The quantitative estimate of drug-likeness (QED) is 0.560. The number of hydrogen-bond acceptors (Lipinski definition) is 3. The van der Waals surface area contributed by atoms with Gasteiger partial charge in [-0.15, -0.1) is 0 Å². The molecule has 156 valence electrons. The Labute approximate surface area is 174 Å². The van der Waals surface area contributed by atoms with Crippen LogP contribution in [0.1, 0.15) is 23.1 Å². The largest absolute Gasteiger partial charge is 0.489 e. The van der Waals surface area contributed by atoms with Crippen molar-refractivity contribution in [1.82, 2.24) is 9.47 Å². The number of ether oxygens (including phenoxy) is 1. The van der Waals surface area contributed by atoms with E-state index in [4.69, 9.17) is 4.74 Å². The second-order valence-corrected chi connectivity index (χ2v) is 7.61. The number of aromatic nitrogens is 1. The highest BCUT2D eigenvalue weighted by Gasteiger charge is 2.15. The molecule has 1 aliphatic rings. The van der Waals surface area contributed by atoms with Gasteiger partial charge in [-0.2, -0.15) is 0 Å². The lowest BCUT2D eigenvalue weighted by atomic mass is 10.1. The van der Waals surface area contributed by atoms with E-state index in [1.165, 1.54) is 24.6 Å². The van der Waals surface area contributed by atoms with Gasteiger partial charge >= 0.3 is 0 Å². The fourth-order valence-corrected chi connectivity index (χ4v) is 3.42. The van der Waals surface area contributed by atoms with Crippen LogP contribution in [0.15, 0.2) is 65.6 Å². The molecule has 2 heterocycles. The zero-order valence-corrected chi connectivity index (χ0v) is 16.7. The van der Waals surface area contributed by atoms with E-state index in [1.54, 1.807) is 35.0 Å². The fraction of sp³-hybridized carbons (Fsp3) is 0.292. The van der Waals surface area contributed by atoms with E-state index >= 15 is 0 Å². The molecule has 1 fully saturated rings. The molecule has 3 aromatic rings. The summed E-state index contributed by atoms with van der Waals surface area (Å²) in [6.07, 6.45) is 3.43. The predicted octanol–water partition coefficient (Wildman–Crippen LogP) is 4.15. The van der Waals surface area contributed by atoms with E-state index in [0.29, 0.717) is 25.3 Å². The summed E-state index contributed by atoms with van der Waals surface area (Å²) in [6.45, 7) is 3.45. The highest BCUT2D eigenvalue weighted by Crippen LogP contribution is 2.17. The van der Waals surface area contributed by atoms with Crippen LogP contribution in [-0.4, -0.2) is 22.6 Å². The molecule has 0 atom stereocenters. The second-order valence-electron chi connectivity index (χ2n) is 7.61. The SMILES string of the molecule is O=c1cc(OCc2ccc(F)cc2)ccn1CCc1ccc(CN2CCC2)c(F)c1. The zero-order chi connectivity index (χ0) is 20.9. The number of rotatable bonds is 8. The molecule has 1 aromatic heterocycles. The van der Waals surface area contributed by atoms with Crippen molar-refractivity contribution in [2.75, 3.05) is 13.1 Å². The lowest BCUT2D eigenvalue weighted by Crippen LogP contribution is -2.36. The number of aryl methyl sites for hydroxylation is 2. The van der Waals surface area contributed by atoms with Crippen molar-refractivity contribution in [3.8, 4) is 5.75 Å². The van der Waals surface area contributed by atoms with Gasteiger partial charge in [0.1, 0.15) is 24.0 Å². The number of likely N-dealkylation sites (tertiary alicyclic amines) is 1. The Morgan fingerprint density at radius 2 is 1.70 bits per heavy atom. The Bertz CT molecular complexity index is 1060. The molecule has 0 unspecified atom stereocenters. The number of nitrogens with zero attached hydrogens (tertiary/aromatic N) is 2. The van der Waals surface area contributed by atoms with E-state index in [-0.39, 0.29) is 23.8 Å². The van der Waals surface area contributed by atoms with Gasteiger partial charge in [-0.3, -0.25) is 9.69 Å². The maximum atomic E-state index is 14.3. The van der Waals surface area contributed by atoms with Crippen LogP contribution in [0.5, 0.6) is 5.75 Å². The van der Waals surface area contributed by atoms with Crippen LogP contribution in [0.25, 0.3) is 0 Å². The van der Waals surface area contributed by atoms with Gasteiger partial charge in [-0.05, 0) is 61.3 Å². The van der Waals surface area contributed by atoms with Crippen molar-refractivity contribution in [2.24, 2.45) is 0 Å². The second kappa shape index (κ2) is 9.22. The Kier molecular flexibility index (Phi) is 6.23. The van der Waals surface area contributed by atoms with E-state index in [9.17, 15) is 13.6 Å². The molecule has 4 rings (SSSR count). The Balaban J connectivity index is 1.32. The number of pyridine rings is 1. The van der Waals surface area contributed by atoms with Crippen molar-refractivity contribution in [3.05, 3.63) is 99.5 Å². The summed E-state index contributed by atoms with van der Waals surface area (Å²) in [6, 6.07) is 14.5. The van der Waals surface area contributed by atoms with E-state index in [2.05, 4.69) is 4.90 Å². The average Bonchev–Trinajstić information content (AvgIpc) is 2.70. The van der Waals surface area contributed by atoms with E-state index in [1.807, 2.05) is 12.1 Å². The first kappa shape index (κ1) is 20.3. The van der Waals surface area contributed by atoms with Crippen molar-refractivity contribution in [3.63, 3.8) is 0 Å². The lowest BCUT2D eigenvalue weighted by molar-refractivity contribution is 0.170. The smallest absolute Gasteiger partial charge is 0.254 e. The molecule has 0 saturated carbocycles. The minimum atomic E-state index is -0.299. The van der Waals surface area contributed by atoms with Gasteiger partial charge in [0, 0.05) is 30.9 Å². The van der Waals surface area contributed by atoms with Crippen LogP contribution in [0.2, 0.25) is 0 Å². The molecule has 0 aliphatic carbocycles. The first-order valence-electron chi connectivity index (χ1n) is 10.1. The summed E-state index contributed by atoms with van der Waals surface area (Å²) in [5.41, 5.74) is 2.23. The zero-order valence-electron chi connectivity index (χ0n) is 16.7. The highest BCUT2D eigenvalue weighted by atomic mass is 19.1. The van der Waals surface area contributed by atoms with Gasteiger partial charge in [-0.25, -0.2) is 8.78 Å². The van der Waals surface area contributed by atoms with Crippen LogP contribution in [0.4, 0.5) is 8.78 Å². The summed E-state index contributed by atoms with van der Waals surface area (Å²) in [5, 5.41) is 0. The minimum Gasteiger partial charge on any atom is -0.489 e. The van der Waals surface area contributed by atoms with Crippen LogP contribution in [-0.2, 0) is 26.1 Å². The molecule has 1 saturated heterocycles. The standard InChI is InChI=1S/C24H24F2N2O2/c25-21-6-3-19(4-7-21)17-30-22-9-13-28(24(29)15-22)12-8-18-2-5-20(23(26)14-18)16-27-10-1-11-27/h2-7,9,13-15H,1,8,10-12,16-17H2. The van der Waals surface area contributed by atoms with Crippen molar-refractivity contribution in [1.29, 1.82) is 0 Å². The molecule has 0 N–H and O–H groups in total. The van der Waals surface area contributed by atoms with Crippen LogP contribution >= 0.6 is 0 Å². The van der Waals surface area contributed by atoms with Gasteiger partial charge in [0.05, 0.1) is 0 Å². The molecule has 0 bridgehead atoms. The van der Waals surface area contributed by atoms with Crippen molar-refractivity contribution >= 4 is 0 Å². The Morgan fingerprint density at radius 3 is 2.37 bits per heavy atom. The van der Waals surface area contributed by atoms with Crippen molar-refractivity contribution < 1.29 is 13.5 Å². The highest BCUT2D eigenvalue weighted by molar-refractivity contribution is 5.25. The van der Waals surface area contributed by atoms with Crippen LogP contribution in [0.3, 0.4) is 0 Å². The Hall–Kier alpha value is -2.99. The number of hydrogen-bond donors (Lipinski definition) is 0. The summed E-state index contributed by atoms with van der Waals surface area (Å²) < 4.78 is 34.5. The van der Waals surface area contributed by atoms with Gasteiger partial charge < -0.3 is 9.30 Å². The molecule has 0 amide bonds. The lowest BCUT2D eigenvalue weighted by Gasteiger charge is -2.30. The summed E-state index contributed by atoms with van der Waals surface area (Å²) in [4.78, 5) is 14.6. The van der Waals surface area contributed by atoms with Gasteiger partial charge in [0.15, 0.2) is 0 Å². The maximum absolute atomic E-state index is 14.3. The maximum Gasteiger partial charge on any atom is 0.254 e. The van der Waals surface area contributed by atoms with Crippen LogP contribution in [0, 0.1) is 11.6 Å². The molecule has 0 spiro atoms. The van der Waals surface area contributed by atoms with E-state index in [0.717, 1.165) is 29.8 Å². The first-order valence-corrected chi connectivity index (χ1v) is 10.1. The average molecular weight is 410 g/mol. The van der Waals surface area contributed by atoms with E-state index < -0.39 is 0 Å². The third kappa shape index (κ3) is 5.13. The monoisotopic (exact) mass is 410 g/mol. The minimum absolute atomic E-state index is 0.179. The molecule has 4 nitrogen and oxygen atoms in total. The topological polar surface area (TPSA) is 34.5 Å². The summed E-state index contributed by atoms with van der Waals surface area (Å²) in [7, 11) is 0. The Morgan fingerprint density at radius 1 is 0.933 bits per heavy atom. The molecule has 6 heteroatoms. The third-order valence-electron chi connectivity index (χ3n) is 5.39. The third-order valence-corrected chi connectivity index (χ3v) is 5.39. The molecule has 1 aliphatic heterocycles. The molecule has 2 aromatic carbocycles. The number of halogens is 2.